The summed E-state index contributed by atoms with van der Waals surface area (Å²) in [6.45, 7) is 8.50. The molecule has 2 unspecified atom stereocenters. The number of urea groups is 1. The third-order valence-corrected chi connectivity index (χ3v) is 6.28. The van der Waals surface area contributed by atoms with E-state index in [2.05, 4.69) is 34.3 Å². The number of hydrogen-bond donors (Lipinski definition) is 2. The lowest BCUT2D eigenvalue weighted by atomic mass is 9.86. The number of aryl methyl sites for hydroxylation is 1. The Morgan fingerprint density at radius 1 is 1.30 bits per heavy atom. The average Bonchev–Trinajstić information content (AvgIpc) is 3.11. The molecule has 0 spiro atoms. The molecule has 1 aromatic heterocycles. The van der Waals surface area contributed by atoms with E-state index in [1.165, 1.54) is 18.2 Å². The van der Waals surface area contributed by atoms with Gasteiger partial charge in [0.25, 0.3) is 0 Å². The summed E-state index contributed by atoms with van der Waals surface area (Å²) in [7, 11) is 0. The van der Waals surface area contributed by atoms with Crippen LogP contribution in [0.25, 0.3) is 11.4 Å². The Kier molecular flexibility index (Phi) is 7.68. The van der Waals surface area contributed by atoms with Crippen molar-refractivity contribution in [3.05, 3.63) is 42.5 Å². The standard InChI is InChI=1S/C22H29N5O2S/c1-4-12-27-20(17-10-7-8-15(2)13-17)25-26-22(27)30-14-19(28)24-21(29)23-18-11-6-5-9-16(18)3/h4,7-8,10,13,16,18H,1,5-6,9,11-12,14H2,2-3H3,(H2,23,24,28,29). The van der Waals surface area contributed by atoms with E-state index in [0.29, 0.717) is 17.6 Å². The molecule has 8 heteroatoms. The third kappa shape index (κ3) is 5.72. The van der Waals surface area contributed by atoms with Crippen LogP contribution in [-0.2, 0) is 11.3 Å². The molecule has 30 heavy (non-hydrogen) atoms. The zero-order valence-electron chi connectivity index (χ0n) is 17.6. The molecule has 1 aromatic carbocycles. The van der Waals surface area contributed by atoms with Gasteiger partial charge in [-0.15, -0.1) is 16.8 Å². The average molecular weight is 428 g/mol. The number of carbonyl (C=O) groups excluding carboxylic acids is 2. The normalized spacial score (nSPS) is 18.6. The highest BCUT2D eigenvalue weighted by molar-refractivity contribution is 7.99. The highest BCUT2D eigenvalue weighted by Crippen LogP contribution is 2.25. The molecule has 2 N–H and O–H groups in total. The van der Waals surface area contributed by atoms with Crippen molar-refractivity contribution >= 4 is 23.7 Å². The number of allylic oxidation sites excluding steroid dienone is 1. The minimum Gasteiger partial charge on any atom is -0.335 e. The highest BCUT2D eigenvalue weighted by Gasteiger charge is 2.23. The molecule has 2 aromatic rings. The predicted molar refractivity (Wildman–Crippen MR) is 119 cm³/mol. The van der Waals surface area contributed by atoms with Crippen molar-refractivity contribution in [2.75, 3.05) is 5.75 Å². The lowest BCUT2D eigenvalue weighted by Gasteiger charge is -2.29. The number of benzene rings is 1. The Hall–Kier alpha value is -2.61. The molecule has 160 valence electrons. The van der Waals surface area contributed by atoms with Gasteiger partial charge in [-0.1, -0.05) is 61.4 Å². The van der Waals surface area contributed by atoms with Gasteiger partial charge in [0.15, 0.2) is 11.0 Å². The summed E-state index contributed by atoms with van der Waals surface area (Å²) in [4.78, 5) is 24.4. The summed E-state index contributed by atoms with van der Waals surface area (Å²) in [5, 5.41) is 14.5. The molecule has 1 heterocycles. The summed E-state index contributed by atoms with van der Waals surface area (Å²) < 4.78 is 1.92. The van der Waals surface area contributed by atoms with Gasteiger partial charge >= 0.3 is 6.03 Å². The SMILES string of the molecule is C=CCn1c(SCC(=O)NC(=O)NC2CCCCC2C)nnc1-c1cccc(C)c1. The molecule has 1 saturated carbocycles. The van der Waals surface area contributed by atoms with Gasteiger partial charge in [0.2, 0.25) is 5.91 Å². The molecule has 2 atom stereocenters. The van der Waals surface area contributed by atoms with Crippen LogP contribution in [0.1, 0.15) is 38.2 Å². The summed E-state index contributed by atoms with van der Waals surface area (Å²) in [5.41, 5.74) is 2.09. The second-order valence-electron chi connectivity index (χ2n) is 7.75. The lowest BCUT2D eigenvalue weighted by Crippen LogP contribution is -2.48. The Labute approximate surface area is 181 Å². The van der Waals surface area contributed by atoms with Crippen LogP contribution >= 0.6 is 11.8 Å². The van der Waals surface area contributed by atoms with Crippen LogP contribution in [0.15, 0.2) is 42.1 Å². The van der Waals surface area contributed by atoms with Crippen molar-refractivity contribution in [3.8, 4) is 11.4 Å². The van der Waals surface area contributed by atoms with Crippen molar-refractivity contribution in [2.24, 2.45) is 5.92 Å². The smallest absolute Gasteiger partial charge is 0.321 e. The Balaban J connectivity index is 1.59. The van der Waals surface area contributed by atoms with E-state index in [-0.39, 0.29) is 17.7 Å². The van der Waals surface area contributed by atoms with E-state index in [1.807, 2.05) is 35.8 Å². The largest absolute Gasteiger partial charge is 0.335 e. The number of carbonyl (C=O) groups is 2. The third-order valence-electron chi connectivity index (χ3n) is 5.32. The first-order chi connectivity index (χ1) is 14.5. The van der Waals surface area contributed by atoms with E-state index in [0.717, 1.165) is 36.2 Å². The first-order valence-corrected chi connectivity index (χ1v) is 11.3. The first kappa shape index (κ1) is 22.1. The highest BCUT2D eigenvalue weighted by atomic mass is 32.2. The predicted octanol–water partition coefficient (Wildman–Crippen LogP) is 3.94. The van der Waals surface area contributed by atoms with E-state index < -0.39 is 6.03 Å². The van der Waals surface area contributed by atoms with E-state index in [9.17, 15) is 9.59 Å². The topological polar surface area (TPSA) is 88.9 Å². The molecule has 0 saturated heterocycles. The monoisotopic (exact) mass is 427 g/mol. The molecular formula is C22H29N5O2S. The van der Waals surface area contributed by atoms with Crippen molar-refractivity contribution < 1.29 is 9.59 Å². The van der Waals surface area contributed by atoms with Gasteiger partial charge in [0, 0.05) is 18.2 Å². The van der Waals surface area contributed by atoms with Crippen molar-refractivity contribution in [1.29, 1.82) is 0 Å². The molecule has 7 nitrogen and oxygen atoms in total. The van der Waals surface area contributed by atoms with Gasteiger partial charge < -0.3 is 5.32 Å². The molecular weight excluding hydrogens is 398 g/mol. The fourth-order valence-corrected chi connectivity index (χ4v) is 4.46. The van der Waals surface area contributed by atoms with Crippen LogP contribution in [0.5, 0.6) is 0 Å². The Morgan fingerprint density at radius 2 is 2.10 bits per heavy atom. The molecule has 3 amide bonds. The molecule has 1 fully saturated rings. The zero-order valence-corrected chi connectivity index (χ0v) is 18.4. The number of hydrogen-bond acceptors (Lipinski definition) is 5. The van der Waals surface area contributed by atoms with Crippen molar-refractivity contribution in [2.45, 2.75) is 57.3 Å². The summed E-state index contributed by atoms with van der Waals surface area (Å²) in [6.07, 6.45) is 6.15. The van der Waals surface area contributed by atoms with Crippen LogP contribution in [0, 0.1) is 12.8 Å². The van der Waals surface area contributed by atoms with Crippen LogP contribution < -0.4 is 10.6 Å². The van der Waals surface area contributed by atoms with E-state index >= 15 is 0 Å². The van der Waals surface area contributed by atoms with Gasteiger partial charge in [-0.05, 0) is 31.7 Å². The summed E-state index contributed by atoms with van der Waals surface area (Å²) >= 11 is 1.25. The number of thioether (sulfide) groups is 1. The Bertz CT molecular complexity index is 911. The zero-order chi connectivity index (χ0) is 21.5. The van der Waals surface area contributed by atoms with Crippen LogP contribution in [0.3, 0.4) is 0 Å². The maximum atomic E-state index is 12.3. The second kappa shape index (κ2) is 10.4. The number of amides is 3. The van der Waals surface area contributed by atoms with Gasteiger partial charge in [-0.25, -0.2) is 4.79 Å². The fourth-order valence-electron chi connectivity index (χ4n) is 3.71. The van der Waals surface area contributed by atoms with Crippen molar-refractivity contribution in [1.82, 2.24) is 25.4 Å². The van der Waals surface area contributed by atoms with Gasteiger partial charge in [-0.2, -0.15) is 0 Å². The van der Waals surface area contributed by atoms with Gasteiger partial charge in [0.05, 0.1) is 5.75 Å². The number of rotatable bonds is 7. The number of aromatic nitrogens is 3. The van der Waals surface area contributed by atoms with Crippen molar-refractivity contribution in [3.63, 3.8) is 0 Å². The maximum absolute atomic E-state index is 12.3. The minimum absolute atomic E-state index is 0.0801. The first-order valence-electron chi connectivity index (χ1n) is 10.3. The van der Waals surface area contributed by atoms with Gasteiger partial charge in [0.1, 0.15) is 0 Å². The van der Waals surface area contributed by atoms with E-state index in [4.69, 9.17) is 0 Å². The second-order valence-corrected chi connectivity index (χ2v) is 8.70. The molecule has 3 rings (SSSR count). The Morgan fingerprint density at radius 3 is 2.83 bits per heavy atom. The summed E-state index contributed by atoms with van der Waals surface area (Å²) in [5.74, 6) is 0.889. The lowest BCUT2D eigenvalue weighted by molar-refractivity contribution is -0.117. The van der Waals surface area contributed by atoms with Crippen LogP contribution in [0.2, 0.25) is 0 Å². The number of imide groups is 1. The quantitative estimate of drug-likeness (QED) is 0.516. The summed E-state index contributed by atoms with van der Waals surface area (Å²) in [6, 6.07) is 7.73. The van der Waals surface area contributed by atoms with Crippen LogP contribution in [0.4, 0.5) is 4.79 Å². The molecule has 0 radical (unpaired) electrons. The number of nitrogens with one attached hydrogen (secondary N) is 2. The maximum Gasteiger partial charge on any atom is 0.321 e. The van der Waals surface area contributed by atoms with Crippen LogP contribution in [-0.4, -0.2) is 38.5 Å². The van der Waals surface area contributed by atoms with E-state index in [1.54, 1.807) is 6.08 Å². The fraction of sp³-hybridized carbons (Fsp3) is 0.455. The molecule has 0 aliphatic heterocycles. The minimum atomic E-state index is -0.424. The molecule has 0 bridgehead atoms. The molecule has 1 aliphatic carbocycles. The number of nitrogens with zero attached hydrogens (tertiary/aromatic N) is 3. The van der Waals surface area contributed by atoms with Gasteiger partial charge in [-0.3, -0.25) is 14.7 Å². The molecule has 1 aliphatic rings.